The van der Waals surface area contributed by atoms with Gasteiger partial charge in [-0.1, -0.05) is 65.9 Å². The molecule has 0 spiro atoms. The van der Waals surface area contributed by atoms with Crippen LogP contribution in [0.3, 0.4) is 0 Å². The Kier molecular flexibility index (Phi) is 7.35. The van der Waals surface area contributed by atoms with Crippen LogP contribution >= 0.6 is 11.3 Å². The van der Waals surface area contributed by atoms with Crippen LogP contribution in [0, 0.1) is 0 Å². The lowest BCUT2D eigenvalue weighted by Crippen LogP contribution is -2.49. The molecule has 36 heavy (non-hydrogen) atoms. The molecule has 2 aromatic carbocycles. The van der Waals surface area contributed by atoms with Gasteiger partial charge in [-0.2, -0.15) is 0 Å². The molecular weight excluding hydrogens is 468 g/mol. The van der Waals surface area contributed by atoms with Crippen molar-refractivity contribution in [3.63, 3.8) is 0 Å². The number of morpholine rings is 1. The molecule has 3 heterocycles. The first kappa shape index (κ1) is 24.1. The van der Waals surface area contributed by atoms with Crippen molar-refractivity contribution in [3.05, 3.63) is 60.2 Å². The maximum atomic E-state index is 9.68. The fourth-order valence-electron chi connectivity index (χ4n) is 5.47. The minimum Gasteiger partial charge on any atom is -0.393 e. The van der Waals surface area contributed by atoms with Crippen LogP contribution in [-0.4, -0.2) is 91.6 Å². The second kappa shape index (κ2) is 11.0. The van der Waals surface area contributed by atoms with E-state index in [9.17, 15) is 5.11 Å². The molecule has 1 aromatic heterocycles. The normalized spacial score (nSPS) is 23.5. The molecule has 190 valence electrons. The van der Waals surface area contributed by atoms with Crippen molar-refractivity contribution in [3.8, 4) is 21.7 Å². The van der Waals surface area contributed by atoms with Gasteiger partial charge in [0.15, 0.2) is 5.13 Å². The Bertz CT molecular complexity index is 1120. The number of rotatable bonds is 7. The van der Waals surface area contributed by atoms with Crippen molar-refractivity contribution in [1.82, 2.24) is 14.8 Å². The van der Waals surface area contributed by atoms with Crippen molar-refractivity contribution >= 4 is 16.5 Å². The molecule has 1 aliphatic carbocycles. The fraction of sp³-hybridized carbons (Fsp3) is 0.483. The number of hydrogen-bond donors (Lipinski definition) is 1. The highest BCUT2D eigenvalue weighted by atomic mass is 32.1. The zero-order valence-corrected chi connectivity index (χ0v) is 21.7. The van der Waals surface area contributed by atoms with Gasteiger partial charge in [0.25, 0.3) is 0 Å². The van der Waals surface area contributed by atoms with E-state index in [0.29, 0.717) is 5.92 Å². The summed E-state index contributed by atoms with van der Waals surface area (Å²) in [4.78, 5) is 14.0. The van der Waals surface area contributed by atoms with Gasteiger partial charge >= 0.3 is 0 Å². The molecule has 1 saturated carbocycles. The third-order valence-corrected chi connectivity index (χ3v) is 9.06. The zero-order valence-electron chi connectivity index (χ0n) is 20.9. The first-order chi connectivity index (χ1) is 17.7. The van der Waals surface area contributed by atoms with E-state index in [1.165, 1.54) is 21.6 Å². The summed E-state index contributed by atoms with van der Waals surface area (Å²) in [7, 11) is 0. The van der Waals surface area contributed by atoms with E-state index in [4.69, 9.17) is 9.72 Å². The van der Waals surface area contributed by atoms with Crippen molar-refractivity contribution in [2.45, 2.75) is 24.9 Å². The summed E-state index contributed by atoms with van der Waals surface area (Å²) in [6, 6.07) is 19.6. The van der Waals surface area contributed by atoms with Crippen molar-refractivity contribution in [2.24, 2.45) is 0 Å². The molecule has 0 amide bonds. The minimum atomic E-state index is -0.125. The molecule has 0 radical (unpaired) electrons. The smallest absolute Gasteiger partial charge is 0.186 e. The highest BCUT2D eigenvalue weighted by Gasteiger charge is 2.29. The van der Waals surface area contributed by atoms with Gasteiger partial charge in [-0.25, -0.2) is 4.98 Å². The molecule has 0 bridgehead atoms. The van der Waals surface area contributed by atoms with Crippen LogP contribution < -0.4 is 4.90 Å². The summed E-state index contributed by atoms with van der Waals surface area (Å²) in [5, 5.41) is 10.8. The molecule has 2 saturated heterocycles. The Balaban J connectivity index is 1.16. The Hall–Kier alpha value is -2.29. The van der Waals surface area contributed by atoms with Gasteiger partial charge in [0.05, 0.1) is 29.9 Å². The summed E-state index contributed by atoms with van der Waals surface area (Å²) in [6.45, 7) is 10.4. The van der Waals surface area contributed by atoms with Gasteiger partial charge < -0.3 is 14.7 Å². The molecule has 0 atom stereocenters. The van der Waals surface area contributed by atoms with Gasteiger partial charge in [0.2, 0.25) is 0 Å². The summed E-state index contributed by atoms with van der Waals surface area (Å²) >= 11 is 1.82. The number of aliphatic hydroxyl groups is 1. The molecule has 1 N–H and O–H groups in total. The number of piperazine rings is 1. The zero-order chi connectivity index (χ0) is 24.3. The third kappa shape index (κ3) is 5.36. The topological polar surface area (TPSA) is 52.1 Å². The predicted molar refractivity (Wildman–Crippen MR) is 147 cm³/mol. The first-order valence-electron chi connectivity index (χ1n) is 13.3. The first-order valence-corrected chi connectivity index (χ1v) is 14.2. The van der Waals surface area contributed by atoms with Crippen LogP contribution in [-0.2, 0) is 4.74 Å². The molecule has 6 rings (SSSR count). The average molecular weight is 505 g/mol. The van der Waals surface area contributed by atoms with Gasteiger partial charge in [-0.3, -0.25) is 9.80 Å². The van der Waals surface area contributed by atoms with E-state index in [0.717, 1.165) is 89.2 Å². The molecule has 3 aromatic rings. The minimum absolute atomic E-state index is 0.125. The number of benzene rings is 2. The van der Waals surface area contributed by atoms with E-state index in [-0.39, 0.29) is 6.10 Å². The molecule has 3 aliphatic rings. The lowest BCUT2D eigenvalue weighted by molar-refractivity contribution is 0.0331. The molecule has 3 fully saturated rings. The molecular formula is C29H36N4O2S. The van der Waals surface area contributed by atoms with Crippen LogP contribution in [0.2, 0.25) is 0 Å². The number of ether oxygens (including phenoxy) is 1. The number of nitrogens with zero attached hydrogens (tertiary/aromatic N) is 4. The molecule has 7 heteroatoms. The summed E-state index contributed by atoms with van der Waals surface area (Å²) in [6.07, 6.45) is 1.64. The molecule has 6 nitrogen and oxygen atoms in total. The van der Waals surface area contributed by atoms with E-state index >= 15 is 0 Å². The summed E-state index contributed by atoms with van der Waals surface area (Å²) < 4.78 is 5.48. The Morgan fingerprint density at radius 2 is 1.47 bits per heavy atom. The lowest BCUT2D eigenvalue weighted by atomic mass is 9.77. The second-order valence-electron chi connectivity index (χ2n) is 10.3. The fourth-order valence-corrected chi connectivity index (χ4v) is 6.61. The highest BCUT2D eigenvalue weighted by Crippen LogP contribution is 2.42. The standard InChI is InChI=1S/C29H36N4O2S/c34-26-20-25(21-26)22-6-8-23(9-7-22)27-28(24-4-2-1-3-5-24)36-29(30-27)33-14-12-31(13-15-33)10-11-32-16-18-35-19-17-32/h1-9,25-26,34H,10-21H2. The van der Waals surface area contributed by atoms with Gasteiger partial charge in [0.1, 0.15) is 0 Å². The van der Waals surface area contributed by atoms with Crippen molar-refractivity contribution < 1.29 is 9.84 Å². The number of aromatic nitrogens is 1. The maximum absolute atomic E-state index is 9.68. The number of thiazole rings is 1. The van der Waals surface area contributed by atoms with Crippen LogP contribution in [0.4, 0.5) is 5.13 Å². The number of anilines is 1. The lowest BCUT2D eigenvalue weighted by Gasteiger charge is -2.36. The van der Waals surface area contributed by atoms with Crippen LogP contribution in [0.1, 0.15) is 24.3 Å². The summed E-state index contributed by atoms with van der Waals surface area (Å²) in [5.74, 6) is 0.494. The SMILES string of the molecule is OC1CC(c2ccc(-c3nc(N4CCN(CCN5CCOCC5)CC4)sc3-c3ccccc3)cc2)C1. The van der Waals surface area contributed by atoms with E-state index in [2.05, 4.69) is 69.3 Å². The Labute approximate surface area is 218 Å². The van der Waals surface area contributed by atoms with Gasteiger partial charge in [0, 0.05) is 57.9 Å². The Morgan fingerprint density at radius 1 is 0.806 bits per heavy atom. The molecule has 0 unspecified atom stereocenters. The van der Waals surface area contributed by atoms with Crippen molar-refractivity contribution in [1.29, 1.82) is 0 Å². The maximum Gasteiger partial charge on any atom is 0.186 e. The van der Waals surface area contributed by atoms with Gasteiger partial charge in [-0.05, 0) is 29.9 Å². The van der Waals surface area contributed by atoms with Crippen LogP contribution in [0.5, 0.6) is 0 Å². The van der Waals surface area contributed by atoms with Gasteiger partial charge in [-0.15, -0.1) is 0 Å². The van der Waals surface area contributed by atoms with Crippen LogP contribution in [0.25, 0.3) is 21.7 Å². The van der Waals surface area contributed by atoms with Crippen LogP contribution in [0.15, 0.2) is 54.6 Å². The largest absolute Gasteiger partial charge is 0.393 e. The average Bonchev–Trinajstić information content (AvgIpc) is 3.37. The van der Waals surface area contributed by atoms with E-state index < -0.39 is 0 Å². The van der Waals surface area contributed by atoms with E-state index in [1.54, 1.807) is 0 Å². The van der Waals surface area contributed by atoms with Crippen molar-refractivity contribution in [2.75, 3.05) is 70.5 Å². The number of aliphatic hydroxyl groups excluding tert-OH is 1. The predicted octanol–water partition coefficient (Wildman–Crippen LogP) is 4.17. The summed E-state index contributed by atoms with van der Waals surface area (Å²) in [5.41, 5.74) is 4.81. The second-order valence-corrected chi connectivity index (χ2v) is 11.2. The third-order valence-electron chi connectivity index (χ3n) is 7.90. The van der Waals surface area contributed by atoms with E-state index in [1.807, 2.05) is 11.3 Å². The highest BCUT2D eigenvalue weighted by molar-refractivity contribution is 7.19. The Morgan fingerprint density at radius 3 is 2.14 bits per heavy atom. The number of hydrogen-bond acceptors (Lipinski definition) is 7. The molecule has 2 aliphatic heterocycles. The monoisotopic (exact) mass is 504 g/mol. The quantitative estimate of drug-likeness (QED) is 0.521.